The molecule has 11 heteroatoms. The predicted molar refractivity (Wildman–Crippen MR) is 162 cm³/mol. The summed E-state index contributed by atoms with van der Waals surface area (Å²) in [4.78, 5) is 28.0. The summed E-state index contributed by atoms with van der Waals surface area (Å²) in [5.41, 5.74) is 2.66. The highest BCUT2D eigenvalue weighted by Gasteiger charge is 2.33. The van der Waals surface area contributed by atoms with E-state index in [2.05, 4.69) is 31.6 Å². The smallest absolute Gasteiger partial charge is 0.319 e. The number of piperazine rings is 1. The van der Waals surface area contributed by atoms with Crippen LogP contribution in [0.25, 0.3) is 32.9 Å². The molecule has 1 amide bonds. The van der Waals surface area contributed by atoms with Crippen molar-refractivity contribution in [1.82, 2.24) is 30.0 Å². The van der Waals surface area contributed by atoms with E-state index in [1.165, 1.54) is 18.9 Å². The van der Waals surface area contributed by atoms with Crippen molar-refractivity contribution < 1.29 is 13.9 Å². The zero-order valence-corrected chi connectivity index (χ0v) is 24.3. The summed E-state index contributed by atoms with van der Waals surface area (Å²) in [7, 11) is 0. The molecular weight excluding hydrogens is 557 g/mol. The van der Waals surface area contributed by atoms with Gasteiger partial charge in [0.15, 0.2) is 5.82 Å². The van der Waals surface area contributed by atoms with Gasteiger partial charge in [-0.25, -0.2) is 4.39 Å². The number of hydrogen-bond acceptors (Lipinski definition) is 7. The van der Waals surface area contributed by atoms with Gasteiger partial charge < -0.3 is 19.4 Å². The number of benzene rings is 2. The Morgan fingerprint density at radius 1 is 1.10 bits per heavy atom. The van der Waals surface area contributed by atoms with Crippen molar-refractivity contribution in [2.75, 3.05) is 44.2 Å². The number of H-pyrrole nitrogens is 1. The second kappa shape index (κ2) is 10.8. The normalized spacial score (nSPS) is 18.6. The zero-order valence-electron chi connectivity index (χ0n) is 23.6. The van der Waals surface area contributed by atoms with Crippen molar-refractivity contribution in [3.8, 4) is 17.1 Å². The van der Waals surface area contributed by atoms with Gasteiger partial charge in [0, 0.05) is 67.2 Å². The lowest BCUT2D eigenvalue weighted by Crippen LogP contribution is -2.48. The van der Waals surface area contributed by atoms with Crippen molar-refractivity contribution >= 4 is 45.1 Å². The van der Waals surface area contributed by atoms with E-state index in [9.17, 15) is 4.79 Å². The van der Waals surface area contributed by atoms with E-state index in [1.807, 2.05) is 19.1 Å². The van der Waals surface area contributed by atoms with Gasteiger partial charge in [0.2, 0.25) is 5.91 Å². The molecule has 0 atom stereocenters. The number of fused-ring (bicyclic) bond motifs is 2. The van der Waals surface area contributed by atoms with Crippen LogP contribution in [0.4, 0.5) is 10.2 Å². The maximum absolute atomic E-state index is 16.7. The minimum absolute atomic E-state index is 0.0387. The average Bonchev–Trinajstić information content (AvgIpc) is 3.75. The fourth-order valence-corrected chi connectivity index (χ4v) is 6.62. The average molecular weight is 590 g/mol. The van der Waals surface area contributed by atoms with Crippen LogP contribution < -0.4 is 9.64 Å². The van der Waals surface area contributed by atoms with E-state index in [0.29, 0.717) is 48.5 Å². The number of piperidine rings is 1. The second-order valence-electron chi connectivity index (χ2n) is 11.5. The number of carbonyl (C=O) groups is 1. The molecule has 4 heterocycles. The number of aromatic nitrogens is 4. The van der Waals surface area contributed by atoms with Crippen LogP contribution in [0.3, 0.4) is 0 Å². The predicted octanol–water partition coefficient (Wildman–Crippen LogP) is 5.11. The number of aromatic amines is 1. The molecule has 1 saturated carbocycles. The Kier molecular flexibility index (Phi) is 6.98. The van der Waals surface area contributed by atoms with Crippen molar-refractivity contribution in [2.24, 2.45) is 0 Å². The van der Waals surface area contributed by atoms with Gasteiger partial charge in [-0.15, -0.1) is 0 Å². The molecule has 2 saturated heterocycles. The summed E-state index contributed by atoms with van der Waals surface area (Å²) in [6.45, 7) is 9.55. The fourth-order valence-electron chi connectivity index (χ4n) is 6.34. The SMILES string of the molecule is C=CC(=O)N1CCN(c2nc(OC3CCN(C4CC4)CC3)nc3c(F)c(-c4c(C)ccc5cn[nH]c45)c(Cl)cc23)CC1. The van der Waals surface area contributed by atoms with Crippen LogP contribution in [0.2, 0.25) is 5.02 Å². The van der Waals surface area contributed by atoms with Crippen LogP contribution in [0, 0.1) is 12.7 Å². The third kappa shape index (κ3) is 4.86. The number of anilines is 1. The molecule has 0 spiro atoms. The topological polar surface area (TPSA) is 90.5 Å². The van der Waals surface area contributed by atoms with Gasteiger partial charge in [-0.05, 0) is 50.3 Å². The Morgan fingerprint density at radius 2 is 1.86 bits per heavy atom. The number of amides is 1. The standard InChI is InChI=1S/C31H33ClFN7O2/c1-3-24(41)39-12-14-40(15-13-39)30-22-16-23(32)26(25-18(2)4-5-19-17-34-37-28(19)25)27(33)29(22)35-31(36-30)42-21-8-10-38(11-9-21)20-6-7-20/h3-5,16-17,20-21H,1,6-15H2,2H3,(H,34,37). The Morgan fingerprint density at radius 3 is 2.57 bits per heavy atom. The van der Waals surface area contributed by atoms with Crippen molar-refractivity contribution in [3.05, 3.63) is 53.5 Å². The first-order valence-corrected chi connectivity index (χ1v) is 15.0. The van der Waals surface area contributed by atoms with Crippen LogP contribution in [0.5, 0.6) is 6.01 Å². The highest BCUT2D eigenvalue weighted by Crippen LogP contribution is 2.42. The molecule has 0 bridgehead atoms. The molecule has 1 N–H and O–H groups in total. The van der Waals surface area contributed by atoms with Gasteiger partial charge in [0.05, 0.1) is 16.7 Å². The minimum Gasteiger partial charge on any atom is -0.460 e. The molecule has 0 unspecified atom stereocenters. The van der Waals surface area contributed by atoms with E-state index in [1.54, 1.807) is 17.2 Å². The van der Waals surface area contributed by atoms with Gasteiger partial charge in [-0.3, -0.25) is 9.89 Å². The van der Waals surface area contributed by atoms with Gasteiger partial charge in [0.1, 0.15) is 17.4 Å². The second-order valence-corrected chi connectivity index (χ2v) is 11.9. The van der Waals surface area contributed by atoms with Crippen LogP contribution in [-0.4, -0.2) is 87.3 Å². The molecule has 0 radical (unpaired) electrons. The fraction of sp³-hybridized carbons (Fsp3) is 0.419. The molecule has 4 aromatic rings. The molecule has 2 aromatic carbocycles. The van der Waals surface area contributed by atoms with Crippen LogP contribution in [-0.2, 0) is 4.79 Å². The number of carbonyl (C=O) groups excluding carboxylic acids is 1. The Bertz CT molecular complexity index is 1690. The van der Waals surface area contributed by atoms with E-state index >= 15 is 4.39 Å². The molecule has 3 aliphatic rings. The Balaban J connectivity index is 1.31. The zero-order chi connectivity index (χ0) is 29.0. The van der Waals surface area contributed by atoms with Gasteiger partial charge in [-0.2, -0.15) is 15.1 Å². The molecule has 2 aromatic heterocycles. The lowest BCUT2D eigenvalue weighted by molar-refractivity contribution is -0.126. The largest absolute Gasteiger partial charge is 0.460 e. The van der Waals surface area contributed by atoms with Gasteiger partial charge >= 0.3 is 6.01 Å². The number of nitrogens with one attached hydrogen (secondary N) is 1. The number of rotatable bonds is 6. The summed E-state index contributed by atoms with van der Waals surface area (Å²) < 4.78 is 23.1. The number of likely N-dealkylation sites (tertiary alicyclic amines) is 1. The van der Waals surface area contributed by atoms with Crippen molar-refractivity contribution in [2.45, 2.75) is 44.8 Å². The summed E-state index contributed by atoms with van der Waals surface area (Å²) >= 11 is 6.87. The molecular formula is C31H33ClFN7O2. The molecule has 2 aliphatic heterocycles. The lowest BCUT2D eigenvalue weighted by Gasteiger charge is -2.35. The maximum atomic E-state index is 16.7. The summed E-state index contributed by atoms with van der Waals surface area (Å²) in [6, 6.07) is 6.52. The molecule has 218 valence electrons. The summed E-state index contributed by atoms with van der Waals surface area (Å²) in [5.74, 6) is -0.0778. The maximum Gasteiger partial charge on any atom is 0.319 e. The summed E-state index contributed by atoms with van der Waals surface area (Å²) in [6.07, 6.45) is 7.32. The highest BCUT2D eigenvalue weighted by molar-refractivity contribution is 6.35. The van der Waals surface area contributed by atoms with Crippen LogP contribution >= 0.6 is 11.6 Å². The monoisotopic (exact) mass is 589 g/mol. The number of nitrogens with zero attached hydrogens (tertiary/aromatic N) is 6. The molecule has 7 rings (SSSR count). The highest BCUT2D eigenvalue weighted by atomic mass is 35.5. The number of halogens is 2. The molecule has 9 nitrogen and oxygen atoms in total. The molecule has 3 fully saturated rings. The van der Waals surface area contributed by atoms with Gasteiger partial charge in [0.25, 0.3) is 0 Å². The summed E-state index contributed by atoms with van der Waals surface area (Å²) in [5, 5.41) is 8.81. The Labute approximate surface area is 248 Å². The number of ether oxygens (including phenoxy) is 1. The van der Waals surface area contributed by atoms with E-state index in [0.717, 1.165) is 42.9 Å². The van der Waals surface area contributed by atoms with Crippen LogP contribution in [0.1, 0.15) is 31.2 Å². The first kappa shape index (κ1) is 27.1. The third-order valence-corrected chi connectivity index (χ3v) is 9.09. The first-order valence-electron chi connectivity index (χ1n) is 14.6. The molecule has 42 heavy (non-hydrogen) atoms. The molecule has 1 aliphatic carbocycles. The van der Waals surface area contributed by atoms with E-state index in [4.69, 9.17) is 21.3 Å². The number of hydrogen-bond donors (Lipinski definition) is 1. The first-order chi connectivity index (χ1) is 20.4. The Hall–Kier alpha value is -3.76. The van der Waals surface area contributed by atoms with Crippen molar-refractivity contribution in [3.63, 3.8) is 0 Å². The third-order valence-electron chi connectivity index (χ3n) is 8.80. The van der Waals surface area contributed by atoms with Crippen LogP contribution in [0.15, 0.2) is 37.1 Å². The van der Waals surface area contributed by atoms with E-state index < -0.39 is 5.82 Å². The van der Waals surface area contributed by atoms with Crippen molar-refractivity contribution in [1.29, 1.82) is 0 Å². The van der Waals surface area contributed by atoms with Gasteiger partial charge in [-0.1, -0.05) is 30.3 Å². The van der Waals surface area contributed by atoms with E-state index in [-0.39, 0.29) is 34.1 Å². The number of aryl methyl sites for hydroxylation is 1. The quantitative estimate of drug-likeness (QED) is 0.312. The lowest BCUT2D eigenvalue weighted by atomic mass is 9.96. The minimum atomic E-state index is -0.528.